The van der Waals surface area contributed by atoms with E-state index in [9.17, 15) is 4.79 Å². The predicted molar refractivity (Wildman–Crippen MR) is 81.1 cm³/mol. The quantitative estimate of drug-likeness (QED) is 0.849. The van der Waals surface area contributed by atoms with Gasteiger partial charge in [-0.25, -0.2) is 0 Å². The summed E-state index contributed by atoms with van der Waals surface area (Å²) in [5.41, 5.74) is 9.11. The Kier molecular flexibility index (Phi) is 3.89. The van der Waals surface area contributed by atoms with Crippen molar-refractivity contribution in [2.75, 3.05) is 49.5 Å². The molecule has 0 aromatic heterocycles. The smallest absolute Gasteiger partial charge is 0.224 e. The molecule has 0 spiro atoms. The number of carbonyl (C=O) groups is 1. The van der Waals surface area contributed by atoms with E-state index in [-0.39, 0.29) is 5.91 Å². The van der Waals surface area contributed by atoms with Crippen LogP contribution in [-0.2, 0) is 11.2 Å². The van der Waals surface area contributed by atoms with Crippen LogP contribution in [0.25, 0.3) is 0 Å². The van der Waals surface area contributed by atoms with Gasteiger partial charge in [0.2, 0.25) is 5.91 Å². The number of piperazine rings is 1. The topological polar surface area (TPSA) is 61.6 Å². The Morgan fingerprint density at radius 3 is 2.70 bits per heavy atom. The van der Waals surface area contributed by atoms with Crippen LogP contribution in [-0.4, -0.2) is 50.1 Å². The number of aryl methyl sites for hydroxylation is 1. The van der Waals surface area contributed by atoms with Gasteiger partial charge in [0, 0.05) is 57.1 Å². The summed E-state index contributed by atoms with van der Waals surface area (Å²) in [7, 11) is 0. The Morgan fingerprint density at radius 2 is 1.95 bits per heavy atom. The number of hydrogen-bond donors (Lipinski definition) is 2. The molecular weight excluding hydrogens is 252 g/mol. The number of fused-ring (bicyclic) bond motifs is 1. The van der Waals surface area contributed by atoms with E-state index in [1.54, 1.807) is 0 Å². The molecule has 3 rings (SSSR count). The van der Waals surface area contributed by atoms with Crippen molar-refractivity contribution in [1.82, 2.24) is 4.90 Å². The minimum Gasteiger partial charge on any atom is -0.369 e. The van der Waals surface area contributed by atoms with Crippen LogP contribution in [0.5, 0.6) is 0 Å². The molecular formula is C15H22N4O. The lowest BCUT2D eigenvalue weighted by molar-refractivity contribution is -0.116. The van der Waals surface area contributed by atoms with Gasteiger partial charge in [-0.2, -0.15) is 0 Å². The first-order valence-corrected chi connectivity index (χ1v) is 7.36. The fourth-order valence-electron chi connectivity index (χ4n) is 2.98. The molecule has 5 heteroatoms. The summed E-state index contributed by atoms with van der Waals surface area (Å²) < 4.78 is 0. The zero-order chi connectivity index (χ0) is 13.9. The van der Waals surface area contributed by atoms with E-state index in [0.29, 0.717) is 6.42 Å². The lowest BCUT2D eigenvalue weighted by Gasteiger charge is -2.36. The molecule has 0 saturated carbocycles. The summed E-state index contributed by atoms with van der Waals surface area (Å²) in [5, 5.41) is 2.93. The second kappa shape index (κ2) is 5.81. The molecule has 2 aliphatic rings. The highest BCUT2D eigenvalue weighted by atomic mass is 16.1. The number of rotatable bonds is 3. The molecule has 5 nitrogen and oxygen atoms in total. The summed E-state index contributed by atoms with van der Waals surface area (Å²) in [6.45, 7) is 5.97. The molecule has 1 aromatic rings. The number of nitrogens with two attached hydrogens (primary N) is 1. The molecule has 0 bridgehead atoms. The maximum atomic E-state index is 11.4. The monoisotopic (exact) mass is 274 g/mol. The van der Waals surface area contributed by atoms with E-state index in [0.717, 1.165) is 51.4 Å². The van der Waals surface area contributed by atoms with Gasteiger partial charge in [0.05, 0.1) is 0 Å². The SMILES string of the molecule is NCCN1CCN(c2ccc3c(c2)CCC(=O)N3)CC1. The van der Waals surface area contributed by atoms with Gasteiger partial charge in [-0.15, -0.1) is 0 Å². The molecule has 1 saturated heterocycles. The largest absolute Gasteiger partial charge is 0.369 e. The van der Waals surface area contributed by atoms with Crippen molar-refractivity contribution in [1.29, 1.82) is 0 Å². The van der Waals surface area contributed by atoms with E-state index in [2.05, 4.69) is 27.2 Å². The normalized spacial score (nSPS) is 19.6. The lowest BCUT2D eigenvalue weighted by atomic mass is 10.0. The number of nitrogens with zero attached hydrogens (tertiary/aromatic N) is 2. The highest BCUT2D eigenvalue weighted by Gasteiger charge is 2.19. The Hall–Kier alpha value is -1.59. The minimum absolute atomic E-state index is 0.126. The second-order valence-electron chi connectivity index (χ2n) is 5.51. The van der Waals surface area contributed by atoms with Gasteiger partial charge < -0.3 is 16.0 Å². The Balaban J connectivity index is 1.68. The zero-order valence-corrected chi connectivity index (χ0v) is 11.8. The van der Waals surface area contributed by atoms with E-state index < -0.39 is 0 Å². The first kappa shape index (κ1) is 13.4. The number of amides is 1. The standard InChI is InChI=1S/C15H22N4O/c16-5-6-18-7-9-19(10-8-18)13-2-3-14-12(11-13)1-4-15(20)17-14/h2-3,11H,1,4-10,16H2,(H,17,20). The van der Waals surface area contributed by atoms with Gasteiger partial charge in [0.25, 0.3) is 0 Å². The van der Waals surface area contributed by atoms with Crippen LogP contribution in [0.4, 0.5) is 11.4 Å². The minimum atomic E-state index is 0.126. The Labute approximate surface area is 119 Å². The molecule has 0 radical (unpaired) electrons. The Bertz CT molecular complexity index is 495. The van der Waals surface area contributed by atoms with Gasteiger partial charge in [0.15, 0.2) is 0 Å². The van der Waals surface area contributed by atoms with Crippen LogP contribution in [0.1, 0.15) is 12.0 Å². The van der Waals surface area contributed by atoms with Crippen molar-refractivity contribution < 1.29 is 4.79 Å². The van der Waals surface area contributed by atoms with Gasteiger partial charge >= 0.3 is 0 Å². The average molecular weight is 274 g/mol. The van der Waals surface area contributed by atoms with E-state index >= 15 is 0 Å². The summed E-state index contributed by atoms with van der Waals surface area (Å²) in [6, 6.07) is 6.38. The van der Waals surface area contributed by atoms with Crippen LogP contribution in [0.3, 0.4) is 0 Å². The van der Waals surface area contributed by atoms with Crippen LogP contribution < -0.4 is 16.0 Å². The van der Waals surface area contributed by atoms with Crippen molar-refractivity contribution >= 4 is 17.3 Å². The summed E-state index contributed by atoms with van der Waals surface area (Å²) in [4.78, 5) is 16.2. The molecule has 3 N–H and O–H groups in total. The molecule has 0 atom stereocenters. The molecule has 0 aliphatic carbocycles. The maximum Gasteiger partial charge on any atom is 0.224 e. The van der Waals surface area contributed by atoms with E-state index in [4.69, 9.17) is 5.73 Å². The van der Waals surface area contributed by atoms with Gasteiger partial charge in [-0.3, -0.25) is 9.69 Å². The van der Waals surface area contributed by atoms with E-state index in [1.807, 2.05) is 6.07 Å². The van der Waals surface area contributed by atoms with Gasteiger partial charge in [-0.1, -0.05) is 0 Å². The van der Waals surface area contributed by atoms with Crippen molar-refractivity contribution in [3.8, 4) is 0 Å². The molecule has 2 aliphatic heterocycles. The fraction of sp³-hybridized carbons (Fsp3) is 0.533. The number of hydrogen-bond acceptors (Lipinski definition) is 4. The molecule has 1 amide bonds. The number of carbonyl (C=O) groups excluding carboxylic acids is 1. The zero-order valence-electron chi connectivity index (χ0n) is 11.8. The van der Waals surface area contributed by atoms with Crippen LogP contribution in [0.2, 0.25) is 0 Å². The summed E-state index contributed by atoms with van der Waals surface area (Å²) in [6.07, 6.45) is 1.45. The fourth-order valence-corrected chi connectivity index (χ4v) is 2.98. The molecule has 108 valence electrons. The van der Waals surface area contributed by atoms with Crippen molar-refractivity contribution in [2.24, 2.45) is 5.73 Å². The third-order valence-corrected chi connectivity index (χ3v) is 4.17. The predicted octanol–water partition coefficient (Wildman–Crippen LogP) is 0.652. The number of benzene rings is 1. The maximum absolute atomic E-state index is 11.4. The molecule has 0 unspecified atom stereocenters. The summed E-state index contributed by atoms with van der Waals surface area (Å²) in [5.74, 6) is 0.126. The third-order valence-electron chi connectivity index (χ3n) is 4.17. The van der Waals surface area contributed by atoms with Crippen molar-refractivity contribution in [3.63, 3.8) is 0 Å². The highest BCUT2D eigenvalue weighted by molar-refractivity contribution is 5.94. The van der Waals surface area contributed by atoms with Crippen molar-refractivity contribution in [2.45, 2.75) is 12.8 Å². The van der Waals surface area contributed by atoms with Gasteiger partial charge in [-0.05, 0) is 30.2 Å². The van der Waals surface area contributed by atoms with E-state index in [1.165, 1.54) is 11.3 Å². The third kappa shape index (κ3) is 2.78. The first-order valence-electron chi connectivity index (χ1n) is 7.36. The van der Waals surface area contributed by atoms with Crippen LogP contribution in [0, 0.1) is 0 Å². The second-order valence-corrected chi connectivity index (χ2v) is 5.51. The highest BCUT2D eigenvalue weighted by Crippen LogP contribution is 2.28. The molecule has 1 aromatic carbocycles. The molecule has 20 heavy (non-hydrogen) atoms. The Morgan fingerprint density at radius 1 is 1.15 bits per heavy atom. The first-order chi connectivity index (χ1) is 9.76. The van der Waals surface area contributed by atoms with Crippen molar-refractivity contribution in [3.05, 3.63) is 23.8 Å². The molecule has 1 fully saturated rings. The summed E-state index contributed by atoms with van der Waals surface area (Å²) >= 11 is 0. The van der Waals surface area contributed by atoms with Gasteiger partial charge in [0.1, 0.15) is 0 Å². The molecule has 2 heterocycles. The average Bonchev–Trinajstić information content (AvgIpc) is 2.48. The lowest BCUT2D eigenvalue weighted by Crippen LogP contribution is -2.47. The van der Waals surface area contributed by atoms with Crippen LogP contribution in [0.15, 0.2) is 18.2 Å². The number of anilines is 2. The number of nitrogens with one attached hydrogen (secondary N) is 1. The van der Waals surface area contributed by atoms with Crippen LogP contribution >= 0.6 is 0 Å².